The van der Waals surface area contributed by atoms with E-state index in [-0.39, 0.29) is 11.1 Å². The molecule has 0 spiro atoms. The fraction of sp³-hybridized carbons (Fsp3) is 0.412. The van der Waals surface area contributed by atoms with Gasteiger partial charge in [-0.15, -0.1) is 0 Å². The molecular formula is C17H21N3O4S. The number of ether oxygens (including phenoxy) is 2. The minimum absolute atomic E-state index is 0.359. The van der Waals surface area contributed by atoms with Gasteiger partial charge in [0.25, 0.3) is 11.1 Å². The van der Waals surface area contributed by atoms with E-state index >= 15 is 0 Å². The van der Waals surface area contributed by atoms with Crippen LogP contribution in [0.5, 0.6) is 11.5 Å². The van der Waals surface area contributed by atoms with Gasteiger partial charge in [-0.05, 0) is 42.8 Å². The van der Waals surface area contributed by atoms with Crippen LogP contribution in [0.2, 0.25) is 0 Å². The van der Waals surface area contributed by atoms with Gasteiger partial charge in [0.1, 0.15) is 0 Å². The van der Waals surface area contributed by atoms with E-state index in [0.717, 1.165) is 42.5 Å². The predicted molar refractivity (Wildman–Crippen MR) is 98.0 cm³/mol. The Balaban J connectivity index is 2.04. The fourth-order valence-electron chi connectivity index (χ4n) is 3.08. The van der Waals surface area contributed by atoms with Gasteiger partial charge >= 0.3 is 0 Å². The third-order valence-electron chi connectivity index (χ3n) is 4.42. The molecule has 0 saturated carbocycles. The van der Waals surface area contributed by atoms with Gasteiger partial charge in [0.05, 0.1) is 19.1 Å². The molecule has 3 rings (SSSR count). The first-order chi connectivity index (χ1) is 12.0. The standard InChI is InChI=1S/C17H21N3O4S/c1-23-13-5-11(6-15-16(21)19-17(22)25-15)12(7-14(13)24-2)20-4-3-10(8-18)9-20/h5-7,10H,3-4,8-9,18H2,1-2H3,(H,19,21,22). The summed E-state index contributed by atoms with van der Waals surface area (Å²) in [5.74, 6) is 1.26. The van der Waals surface area contributed by atoms with Crippen molar-refractivity contribution in [3.8, 4) is 11.5 Å². The van der Waals surface area contributed by atoms with Crippen LogP contribution in [0, 0.1) is 5.92 Å². The molecule has 2 fully saturated rings. The number of imide groups is 1. The number of nitrogens with zero attached hydrogens (tertiary/aromatic N) is 1. The van der Waals surface area contributed by atoms with Crippen molar-refractivity contribution in [2.24, 2.45) is 11.7 Å². The Kier molecular flexibility index (Phi) is 5.19. The van der Waals surface area contributed by atoms with Crippen molar-refractivity contribution >= 4 is 34.7 Å². The Morgan fingerprint density at radius 2 is 2.04 bits per heavy atom. The highest BCUT2D eigenvalue weighted by molar-refractivity contribution is 8.18. The second kappa shape index (κ2) is 7.37. The molecule has 1 unspecified atom stereocenters. The highest BCUT2D eigenvalue weighted by atomic mass is 32.2. The molecule has 2 amide bonds. The number of anilines is 1. The predicted octanol–water partition coefficient (Wildman–Crippen LogP) is 1.81. The molecule has 0 aliphatic carbocycles. The second-order valence-electron chi connectivity index (χ2n) is 5.95. The van der Waals surface area contributed by atoms with Crippen LogP contribution in [-0.2, 0) is 4.79 Å². The van der Waals surface area contributed by atoms with Crippen molar-refractivity contribution < 1.29 is 19.1 Å². The van der Waals surface area contributed by atoms with Gasteiger partial charge in [-0.2, -0.15) is 0 Å². The number of benzene rings is 1. The van der Waals surface area contributed by atoms with E-state index < -0.39 is 0 Å². The van der Waals surface area contributed by atoms with Crippen molar-refractivity contribution in [3.63, 3.8) is 0 Å². The highest BCUT2D eigenvalue weighted by Crippen LogP contribution is 2.39. The summed E-state index contributed by atoms with van der Waals surface area (Å²) in [4.78, 5) is 25.9. The van der Waals surface area contributed by atoms with Gasteiger partial charge in [-0.25, -0.2) is 0 Å². The maximum atomic E-state index is 11.9. The molecule has 1 aromatic carbocycles. The molecule has 1 aromatic rings. The molecule has 1 atom stereocenters. The summed E-state index contributed by atoms with van der Waals surface area (Å²) < 4.78 is 10.8. The summed E-state index contributed by atoms with van der Waals surface area (Å²) in [6.07, 6.45) is 2.74. The number of hydrogen-bond acceptors (Lipinski definition) is 7. The number of rotatable bonds is 5. The molecule has 2 saturated heterocycles. The van der Waals surface area contributed by atoms with Gasteiger partial charge < -0.3 is 20.1 Å². The summed E-state index contributed by atoms with van der Waals surface area (Å²) in [6, 6.07) is 3.73. The highest BCUT2D eigenvalue weighted by Gasteiger charge is 2.28. The summed E-state index contributed by atoms with van der Waals surface area (Å²) >= 11 is 0.899. The van der Waals surface area contributed by atoms with Crippen molar-refractivity contribution in [1.29, 1.82) is 0 Å². The second-order valence-corrected chi connectivity index (χ2v) is 6.97. The molecule has 25 heavy (non-hydrogen) atoms. The number of hydrogen-bond donors (Lipinski definition) is 2. The molecule has 3 N–H and O–H groups in total. The van der Waals surface area contributed by atoms with Crippen LogP contribution in [0.25, 0.3) is 6.08 Å². The lowest BCUT2D eigenvalue weighted by molar-refractivity contribution is -0.115. The van der Waals surface area contributed by atoms with E-state index in [4.69, 9.17) is 15.2 Å². The number of amides is 2. The van der Waals surface area contributed by atoms with Gasteiger partial charge in [0.15, 0.2) is 11.5 Å². The average molecular weight is 363 g/mol. The van der Waals surface area contributed by atoms with E-state index in [9.17, 15) is 9.59 Å². The maximum absolute atomic E-state index is 11.9. The average Bonchev–Trinajstić information content (AvgIpc) is 3.20. The lowest BCUT2D eigenvalue weighted by Gasteiger charge is -2.23. The number of nitrogens with one attached hydrogen (secondary N) is 1. The van der Waals surface area contributed by atoms with Crippen LogP contribution >= 0.6 is 11.8 Å². The third-order valence-corrected chi connectivity index (χ3v) is 5.23. The summed E-state index contributed by atoms with van der Waals surface area (Å²) in [7, 11) is 3.15. The van der Waals surface area contributed by atoms with Gasteiger partial charge in [0.2, 0.25) is 0 Å². The summed E-state index contributed by atoms with van der Waals surface area (Å²) in [5, 5.41) is 1.92. The van der Waals surface area contributed by atoms with Crippen LogP contribution in [0.1, 0.15) is 12.0 Å². The lowest BCUT2D eigenvalue weighted by Crippen LogP contribution is -2.23. The normalized spacial score (nSPS) is 21.8. The van der Waals surface area contributed by atoms with E-state index in [1.54, 1.807) is 20.3 Å². The SMILES string of the molecule is COc1cc(C=C2SC(=O)NC2=O)c(N2CCC(CN)C2)cc1OC. The number of thioether (sulfide) groups is 1. The van der Waals surface area contributed by atoms with Crippen LogP contribution in [-0.4, -0.2) is 45.0 Å². The molecule has 134 valence electrons. The molecule has 0 aromatic heterocycles. The molecular weight excluding hydrogens is 342 g/mol. The number of carbonyl (C=O) groups excluding carboxylic acids is 2. The van der Waals surface area contributed by atoms with Gasteiger partial charge in [-0.3, -0.25) is 14.9 Å². The van der Waals surface area contributed by atoms with E-state index in [2.05, 4.69) is 10.2 Å². The first-order valence-electron chi connectivity index (χ1n) is 8.01. The van der Waals surface area contributed by atoms with E-state index in [1.807, 2.05) is 12.1 Å². The maximum Gasteiger partial charge on any atom is 0.290 e. The molecule has 0 radical (unpaired) electrons. The molecule has 0 bridgehead atoms. The van der Waals surface area contributed by atoms with Crippen LogP contribution < -0.4 is 25.4 Å². The summed E-state index contributed by atoms with van der Waals surface area (Å²) in [6.45, 7) is 2.37. The zero-order chi connectivity index (χ0) is 18.0. The van der Waals surface area contributed by atoms with Crippen molar-refractivity contribution in [3.05, 3.63) is 22.6 Å². The Morgan fingerprint density at radius 1 is 1.32 bits per heavy atom. The zero-order valence-electron chi connectivity index (χ0n) is 14.2. The topological polar surface area (TPSA) is 93.9 Å². The Morgan fingerprint density at radius 3 is 2.60 bits per heavy atom. The third kappa shape index (κ3) is 3.59. The van der Waals surface area contributed by atoms with Crippen molar-refractivity contribution in [1.82, 2.24) is 5.32 Å². The molecule has 8 heteroatoms. The lowest BCUT2D eigenvalue weighted by atomic mass is 10.1. The van der Waals surface area contributed by atoms with Crippen LogP contribution in [0.15, 0.2) is 17.0 Å². The molecule has 2 aliphatic rings. The van der Waals surface area contributed by atoms with Gasteiger partial charge in [0, 0.05) is 30.4 Å². The van der Waals surface area contributed by atoms with Gasteiger partial charge in [-0.1, -0.05) is 0 Å². The minimum Gasteiger partial charge on any atom is -0.493 e. The van der Waals surface area contributed by atoms with Crippen molar-refractivity contribution in [2.45, 2.75) is 6.42 Å². The quantitative estimate of drug-likeness (QED) is 0.771. The number of nitrogens with two attached hydrogens (primary N) is 1. The minimum atomic E-state index is -0.378. The van der Waals surface area contributed by atoms with Crippen LogP contribution in [0.3, 0.4) is 0 Å². The Labute approximate surface area is 150 Å². The molecule has 2 aliphatic heterocycles. The molecule has 2 heterocycles. The zero-order valence-corrected chi connectivity index (χ0v) is 15.0. The fourth-order valence-corrected chi connectivity index (χ4v) is 3.75. The van der Waals surface area contributed by atoms with Crippen LogP contribution in [0.4, 0.5) is 10.5 Å². The molecule has 7 nitrogen and oxygen atoms in total. The van der Waals surface area contributed by atoms with E-state index in [1.165, 1.54) is 0 Å². The first-order valence-corrected chi connectivity index (χ1v) is 8.83. The smallest absolute Gasteiger partial charge is 0.290 e. The van der Waals surface area contributed by atoms with Crippen molar-refractivity contribution in [2.75, 3.05) is 38.8 Å². The monoisotopic (exact) mass is 363 g/mol. The largest absolute Gasteiger partial charge is 0.493 e. The number of carbonyl (C=O) groups is 2. The Hall–Kier alpha value is -2.19. The van der Waals surface area contributed by atoms with E-state index in [0.29, 0.717) is 28.9 Å². The Bertz CT molecular complexity index is 735. The number of methoxy groups -OCH3 is 2. The summed E-state index contributed by atoms with van der Waals surface area (Å²) in [5.41, 5.74) is 7.55. The first kappa shape index (κ1) is 17.6.